The summed E-state index contributed by atoms with van der Waals surface area (Å²) in [6, 6.07) is 9.73. The lowest BCUT2D eigenvalue weighted by Crippen LogP contribution is -2.49. The molecular weight excluding hydrogens is 531 g/mol. The molecule has 2 N–H and O–H groups in total. The molecule has 0 unspecified atom stereocenters. The molecular formula is C28H34F3N3O6. The minimum absolute atomic E-state index is 0.105. The molecule has 2 aliphatic rings. The molecule has 12 heteroatoms. The fourth-order valence-electron chi connectivity index (χ4n) is 4.72. The zero-order valence-electron chi connectivity index (χ0n) is 22.7. The molecule has 9 nitrogen and oxygen atoms in total. The average molecular weight is 566 g/mol. The maximum absolute atomic E-state index is 13.5. The van der Waals surface area contributed by atoms with Crippen LogP contribution in [0.25, 0.3) is 0 Å². The van der Waals surface area contributed by atoms with E-state index in [-0.39, 0.29) is 36.7 Å². The smallest absolute Gasteiger partial charge is 0.389 e. The summed E-state index contributed by atoms with van der Waals surface area (Å²) in [5, 5.41) is 12.3. The van der Waals surface area contributed by atoms with E-state index in [9.17, 15) is 27.9 Å². The van der Waals surface area contributed by atoms with Crippen molar-refractivity contribution in [1.29, 1.82) is 0 Å². The Morgan fingerprint density at radius 1 is 1.18 bits per heavy atom. The van der Waals surface area contributed by atoms with Gasteiger partial charge in [0.25, 0.3) is 5.91 Å². The molecule has 0 fully saturated rings. The first-order valence-electron chi connectivity index (χ1n) is 13.1. The number of carbonyl (C=O) groups is 2. The fourth-order valence-corrected chi connectivity index (χ4v) is 4.72. The summed E-state index contributed by atoms with van der Waals surface area (Å²) in [6.07, 6.45) is -6.76. The van der Waals surface area contributed by atoms with Gasteiger partial charge in [-0.2, -0.15) is 13.2 Å². The van der Waals surface area contributed by atoms with Gasteiger partial charge in [-0.25, -0.2) is 0 Å². The van der Waals surface area contributed by atoms with Gasteiger partial charge in [-0.15, -0.1) is 0 Å². The van der Waals surface area contributed by atoms with Gasteiger partial charge in [-0.05, 0) is 49.9 Å². The molecule has 3 atom stereocenters. The predicted octanol–water partition coefficient (Wildman–Crippen LogP) is 4.05. The Morgan fingerprint density at radius 2 is 1.90 bits per heavy atom. The van der Waals surface area contributed by atoms with E-state index < -0.39 is 36.9 Å². The van der Waals surface area contributed by atoms with Crippen molar-refractivity contribution in [2.45, 2.75) is 51.6 Å². The molecule has 4 rings (SSSR count). The largest absolute Gasteiger partial charge is 0.488 e. The molecule has 218 valence electrons. The number of likely N-dealkylation sites (N-methyl/N-ethyl adjacent to an activating group) is 1. The van der Waals surface area contributed by atoms with Gasteiger partial charge in [0.2, 0.25) is 12.7 Å². The van der Waals surface area contributed by atoms with E-state index in [0.717, 1.165) is 5.56 Å². The van der Waals surface area contributed by atoms with Crippen LogP contribution >= 0.6 is 0 Å². The summed E-state index contributed by atoms with van der Waals surface area (Å²) in [5.74, 6) is 0.381. The third kappa shape index (κ3) is 7.36. The molecule has 0 aliphatic carbocycles. The third-order valence-electron chi connectivity index (χ3n) is 6.97. The zero-order valence-corrected chi connectivity index (χ0v) is 22.7. The minimum atomic E-state index is -4.45. The first-order chi connectivity index (χ1) is 18.9. The molecule has 0 bridgehead atoms. The Morgan fingerprint density at radius 3 is 2.62 bits per heavy atom. The quantitative estimate of drug-likeness (QED) is 0.473. The normalized spacial score (nSPS) is 19.5. The van der Waals surface area contributed by atoms with Crippen LogP contribution in [-0.4, -0.2) is 78.6 Å². The summed E-state index contributed by atoms with van der Waals surface area (Å²) in [7, 11) is 1.96. The second kappa shape index (κ2) is 12.3. The van der Waals surface area contributed by atoms with Crippen LogP contribution < -0.4 is 19.5 Å². The van der Waals surface area contributed by atoms with Crippen molar-refractivity contribution in [3.8, 4) is 17.2 Å². The number of anilines is 1. The van der Waals surface area contributed by atoms with Gasteiger partial charge < -0.3 is 29.5 Å². The van der Waals surface area contributed by atoms with Crippen LogP contribution in [0.1, 0.15) is 42.6 Å². The van der Waals surface area contributed by atoms with Crippen molar-refractivity contribution < 1.29 is 42.1 Å². The SMILES string of the molecule is C[C@@H]1CN([C@H](C)CO)C(=O)c2cc(NC(=O)CCC(F)(F)F)ccc2O[C@H]1CN(C)Cc1ccc2c(c1)OCO2. The number of halogens is 3. The summed E-state index contributed by atoms with van der Waals surface area (Å²) in [4.78, 5) is 29.3. The van der Waals surface area contributed by atoms with Crippen molar-refractivity contribution in [2.75, 3.05) is 38.9 Å². The van der Waals surface area contributed by atoms with E-state index >= 15 is 0 Å². The lowest BCUT2D eigenvalue weighted by Gasteiger charge is -2.38. The fraction of sp³-hybridized carbons (Fsp3) is 0.500. The number of ether oxygens (including phenoxy) is 3. The Labute approximate surface area is 230 Å². The number of amides is 2. The number of nitrogens with one attached hydrogen (secondary N) is 1. The Kier molecular flexibility index (Phi) is 9.09. The van der Waals surface area contributed by atoms with Gasteiger partial charge >= 0.3 is 6.18 Å². The Balaban J connectivity index is 1.53. The molecule has 2 aromatic rings. The molecule has 2 aliphatic heterocycles. The highest BCUT2D eigenvalue weighted by Crippen LogP contribution is 2.34. The lowest BCUT2D eigenvalue weighted by molar-refractivity contribution is -0.142. The van der Waals surface area contributed by atoms with Crippen LogP contribution in [0.15, 0.2) is 36.4 Å². The van der Waals surface area contributed by atoms with E-state index in [1.165, 1.54) is 18.2 Å². The van der Waals surface area contributed by atoms with Gasteiger partial charge in [0.05, 0.1) is 24.6 Å². The van der Waals surface area contributed by atoms with E-state index in [4.69, 9.17) is 14.2 Å². The highest BCUT2D eigenvalue weighted by molar-refractivity contribution is 5.99. The van der Waals surface area contributed by atoms with Crippen LogP contribution in [0.2, 0.25) is 0 Å². The number of hydrogen-bond donors (Lipinski definition) is 2. The van der Waals surface area contributed by atoms with Crippen LogP contribution in [0.4, 0.5) is 18.9 Å². The molecule has 0 saturated carbocycles. The van der Waals surface area contributed by atoms with Gasteiger partial charge in [-0.3, -0.25) is 14.5 Å². The van der Waals surface area contributed by atoms with E-state index in [1.807, 2.05) is 32.2 Å². The summed E-state index contributed by atoms with van der Waals surface area (Å²) in [6.45, 7) is 5.08. The molecule has 0 saturated heterocycles. The molecule has 2 amide bonds. The first kappa shape index (κ1) is 29.5. The molecule has 0 spiro atoms. The molecule has 2 heterocycles. The highest BCUT2D eigenvalue weighted by atomic mass is 19.4. The van der Waals surface area contributed by atoms with Crippen LogP contribution in [0.5, 0.6) is 17.2 Å². The Bertz CT molecular complexity index is 1220. The first-order valence-corrected chi connectivity index (χ1v) is 13.1. The molecule has 2 aromatic carbocycles. The summed E-state index contributed by atoms with van der Waals surface area (Å²) in [5.41, 5.74) is 1.37. The third-order valence-corrected chi connectivity index (χ3v) is 6.97. The summed E-state index contributed by atoms with van der Waals surface area (Å²) < 4.78 is 54.8. The van der Waals surface area contributed by atoms with Crippen molar-refractivity contribution in [2.24, 2.45) is 5.92 Å². The second-order valence-electron chi connectivity index (χ2n) is 10.4. The highest BCUT2D eigenvalue weighted by Gasteiger charge is 2.34. The maximum Gasteiger partial charge on any atom is 0.389 e. The van der Waals surface area contributed by atoms with Gasteiger partial charge in [0, 0.05) is 37.7 Å². The van der Waals surface area contributed by atoms with Crippen molar-refractivity contribution in [3.05, 3.63) is 47.5 Å². The van der Waals surface area contributed by atoms with Gasteiger partial charge in [0.15, 0.2) is 11.5 Å². The van der Waals surface area contributed by atoms with Crippen LogP contribution in [0, 0.1) is 5.92 Å². The predicted molar refractivity (Wildman–Crippen MR) is 140 cm³/mol. The molecule has 0 aromatic heterocycles. The minimum Gasteiger partial charge on any atom is -0.488 e. The Hall–Kier alpha value is -3.51. The second-order valence-corrected chi connectivity index (χ2v) is 10.4. The topological polar surface area (TPSA) is 101 Å². The molecule has 40 heavy (non-hydrogen) atoms. The standard InChI is InChI=1S/C28H34F3N3O6/c1-17-12-34(18(2)15-35)27(37)21-11-20(32-26(36)8-9-28(29,30)31)5-7-22(21)40-25(17)14-33(3)13-19-4-6-23-24(10-19)39-16-38-23/h4-7,10-11,17-18,25,35H,8-9,12-16H2,1-3H3,(H,32,36)/t17-,18-,25+/m1/s1. The van der Waals surface area contributed by atoms with Crippen molar-refractivity contribution in [3.63, 3.8) is 0 Å². The number of aliphatic hydroxyl groups excluding tert-OH is 1. The number of fused-ring (bicyclic) bond motifs is 2. The van der Waals surface area contributed by atoms with Gasteiger partial charge in [-0.1, -0.05) is 13.0 Å². The molecule has 0 radical (unpaired) electrons. The number of nitrogens with zero attached hydrogens (tertiary/aromatic N) is 2. The average Bonchev–Trinajstić information content (AvgIpc) is 3.37. The number of benzene rings is 2. The van der Waals surface area contributed by atoms with E-state index in [2.05, 4.69) is 10.2 Å². The van der Waals surface area contributed by atoms with E-state index in [1.54, 1.807) is 11.8 Å². The van der Waals surface area contributed by atoms with Crippen LogP contribution in [-0.2, 0) is 11.3 Å². The maximum atomic E-state index is 13.5. The van der Waals surface area contributed by atoms with Crippen molar-refractivity contribution >= 4 is 17.5 Å². The van der Waals surface area contributed by atoms with E-state index in [0.29, 0.717) is 36.9 Å². The van der Waals surface area contributed by atoms with Gasteiger partial charge in [0.1, 0.15) is 11.9 Å². The number of hydrogen-bond acceptors (Lipinski definition) is 7. The zero-order chi connectivity index (χ0) is 29.0. The summed E-state index contributed by atoms with van der Waals surface area (Å²) >= 11 is 0. The number of aliphatic hydroxyl groups is 1. The van der Waals surface area contributed by atoms with Crippen LogP contribution in [0.3, 0.4) is 0 Å². The van der Waals surface area contributed by atoms with Crippen molar-refractivity contribution in [1.82, 2.24) is 9.80 Å². The number of carbonyl (C=O) groups excluding carboxylic acids is 2. The number of alkyl halides is 3. The number of rotatable bonds is 9. The monoisotopic (exact) mass is 565 g/mol. The lowest BCUT2D eigenvalue weighted by atomic mass is 9.99.